The zero-order valence-corrected chi connectivity index (χ0v) is 24.1. The predicted molar refractivity (Wildman–Crippen MR) is 153 cm³/mol. The number of aliphatic carboxylic acids is 1. The Labute approximate surface area is 238 Å². The Balaban J connectivity index is 1.79. The van der Waals surface area contributed by atoms with Gasteiger partial charge in [0.25, 0.3) is 0 Å². The molecule has 218 valence electrons. The summed E-state index contributed by atoms with van der Waals surface area (Å²) >= 11 is 1.45. The number of hydrogen-bond acceptors (Lipinski definition) is 7. The van der Waals surface area contributed by atoms with Crippen LogP contribution < -0.4 is 21.3 Å². The van der Waals surface area contributed by atoms with Crippen molar-refractivity contribution in [2.24, 2.45) is 5.41 Å². The van der Waals surface area contributed by atoms with E-state index in [0.29, 0.717) is 18.4 Å². The molecule has 4 atom stereocenters. The fourth-order valence-electron chi connectivity index (χ4n) is 4.49. The van der Waals surface area contributed by atoms with Gasteiger partial charge < -0.3 is 31.5 Å². The predicted octanol–water partition coefficient (Wildman–Crippen LogP) is 2.36. The van der Waals surface area contributed by atoms with Crippen LogP contribution in [0.15, 0.2) is 41.1 Å². The summed E-state index contributed by atoms with van der Waals surface area (Å²) in [4.78, 5) is 51.8. The van der Waals surface area contributed by atoms with Crippen molar-refractivity contribution >= 4 is 35.0 Å². The van der Waals surface area contributed by atoms with E-state index < -0.39 is 42.0 Å². The number of carboxylic acids is 1. The van der Waals surface area contributed by atoms with Crippen LogP contribution in [-0.2, 0) is 32.0 Å². The molecule has 40 heavy (non-hydrogen) atoms. The third-order valence-electron chi connectivity index (χ3n) is 6.84. The molecule has 2 heterocycles. The summed E-state index contributed by atoms with van der Waals surface area (Å²) in [5, 5.41) is 34.4. The number of nitrogens with one attached hydrogen (secondary N) is 4. The van der Waals surface area contributed by atoms with E-state index in [1.165, 1.54) is 23.5 Å². The van der Waals surface area contributed by atoms with Crippen molar-refractivity contribution in [1.29, 1.82) is 0 Å². The molecule has 3 amide bonds. The molecule has 0 aliphatic carbocycles. The van der Waals surface area contributed by atoms with Crippen molar-refractivity contribution in [3.8, 4) is 5.75 Å². The van der Waals surface area contributed by atoms with Gasteiger partial charge in [-0.15, -0.1) is 0 Å². The van der Waals surface area contributed by atoms with Crippen LogP contribution in [0.5, 0.6) is 5.75 Å². The summed E-state index contributed by atoms with van der Waals surface area (Å²) in [6.07, 6.45) is 2.65. The topological polar surface area (TPSA) is 157 Å². The normalized spacial score (nSPS) is 17.4. The molecule has 2 aromatic rings. The summed E-state index contributed by atoms with van der Waals surface area (Å²) in [7, 11) is 0. The monoisotopic (exact) mass is 572 g/mol. The molecule has 0 bridgehead atoms. The van der Waals surface area contributed by atoms with E-state index in [0.717, 1.165) is 18.5 Å². The molecule has 3 rings (SSSR count). The molecule has 1 fully saturated rings. The molecule has 10 nitrogen and oxygen atoms in total. The smallest absolute Gasteiger partial charge is 0.326 e. The minimum Gasteiger partial charge on any atom is -0.508 e. The fourth-order valence-corrected chi connectivity index (χ4v) is 5.17. The highest BCUT2D eigenvalue weighted by molar-refractivity contribution is 7.07. The third-order valence-corrected chi connectivity index (χ3v) is 7.57. The van der Waals surface area contributed by atoms with E-state index in [1.54, 1.807) is 12.1 Å². The lowest BCUT2D eigenvalue weighted by atomic mass is 9.88. The van der Waals surface area contributed by atoms with Gasteiger partial charge in [-0.05, 0) is 77.7 Å². The Kier molecular flexibility index (Phi) is 11.1. The van der Waals surface area contributed by atoms with Crippen molar-refractivity contribution < 1.29 is 29.4 Å². The fraction of sp³-hybridized carbons (Fsp3) is 0.517. The zero-order chi connectivity index (χ0) is 29.3. The maximum Gasteiger partial charge on any atom is 0.326 e. The van der Waals surface area contributed by atoms with Gasteiger partial charge in [0.1, 0.15) is 23.9 Å². The summed E-state index contributed by atoms with van der Waals surface area (Å²) in [6.45, 7) is 6.71. The van der Waals surface area contributed by atoms with Crippen molar-refractivity contribution in [2.75, 3.05) is 6.54 Å². The van der Waals surface area contributed by atoms with Crippen LogP contribution in [0.3, 0.4) is 0 Å². The molecule has 0 saturated carbocycles. The van der Waals surface area contributed by atoms with Gasteiger partial charge in [0, 0.05) is 12.8 Å². The Morgan fingerprint density at radius 2 is 1.57 bits per heavy atom. The number of rotatable bonds is 13. The second-order valence-corrected chi connectivity index (χ2v) is 12.3. The number of carbonyl (C=O) groups is 4. The van der Waals surface area contributed by atoms with Gasteiger partial charge in [0.05, 0.1) is 6.04 Å². The number of amides is 3. The summed E-state index contributed by atoms with van der Waals surface area (Å²) in [6, 6.07) is 4.62. The number of benzene rings is 1. The van der Waals surface area contributed by atoms with E-state index in [9.17, 15) is 29.4 Å². The minimum absolute atomic E-state index is 0.0795. The number of thiophene rings is 1. The molecule has 0 radical (unpaired) electrons. The van der Waals surface area contributed by atoms with E-state index in [-0.39, 0.29) is 36.3 Å². The number of carbonyl (C=O) groups excluding carboxylic acids is 3. The largest absolute Gasteiger partial charge is 0.508 e. The Morgan fingerprint density at radius 3 is 2.12 bits per heavy atom. The van der Waals surface area contributed by atoms with Crippen LogP contribution in [-0.4, -0.2) is 64.6 Å². The van der Waals surface area contributed by atoms with Crippen LogP contribution in [0, 0.1) is 5.41 Å². The molecule has 1 saturated heterocycles. The average Bonchev–Trinajstić information content (AvgIpc) is 3.61. The number of phenolic OH excluding ortho intramolecular Hbond substituents is 1. The lowest BCUT2D eigenvalue weighted by molar-refractivity contribution is -0.142. The van der Waals surface area contributed by atoms with Gasteiger partial charge in [-0.3, -0.25) is 14.4 Å². The van der Waals surface area contributed by atoms with E-state index in [2.05, 4.69) is 21.3 Å². The van der Waals surface area contributed by atoms with Gasteiger partial charge in [-0.1, -0.05) is 32.9 Å². The molecule has 3 unspecified atom stereocenters. The first-order chi connectivity index (χ1) is 18.9. The van der Waals surface area contributed by atoms with Crippen LogP contribution in [0.1, 0.15) is 57.6 Å². The highest BCUT2D eigenvalue weighted by atomic mass is 32.1. The van der Waals surface area contributed by atoms with Crippen molar-refractivity contribution in [2.45, 2.75) is 83.5 Å². The van der Waals surface area contributed by atoms with Crippen LogP contribution in [0.2, 0.25) is 0 Å². The van der Waals surface area contributed by atoms with Crippen LogP contribution in [0.25, 0.3) is 0 Å². The van der Waals surface area contributed by atoms with Crippen molar-refractivity contribution in [3.05, 3.63) is 52.2 Å². The van der Waals surface area contributed by atoms with Crippen LogP contribution >= 0.6 is 11.3 Å². The lowest BCUT2D eigenvalue weighted by Crippen LogP contribution is -2.58. The molecule has 1 aliphatic heterocycles. The minimum atomic E-state index is -1.14. The van der Waals surface area contributed by atoms with Crippen LogP contribution in [0.4, 0.5) is 0 Å². The van der Waals surface area contributed by atoms with E-state index in [4.69, 9.17) is 0 Å². The highest BCUT2D eigenvalue weighted by Gasteiger charge is 2.32. The quantitative estimate of drug-likeness (QED) is 0.215. The first kappa shape index (κ1) is 31.1. The maximum absolute atomic E-state index is 13.6. The highest BCUT2D eigenvalue weighted by Crippen LogP contribution is 2.22. The molecule has 1 aromatic heterocycles. The van der Waals surface area contributed by atoms with Gasteiger partial charge >= 0.3 is 5.97 Å². The second kappa shape index (κ2) is 14.3. The van der Waals surface area contributed by atoms with Crippen molar-refractivity contribution in [1.82, 2.24) is 21.3 Å². The standard InChI is InChI=1S/C29H40N4O6S/c1-29(2,3)12-10-22(28(38)39)31-26(36)24(16-19-11-14-40-17-19)33-27(37)23(15-18-6-8-20(34)9-7-18)32-25(35)21-5-4-13-30-21/h6-9,11,14,17,21-24,30,34H,4-5,10,12-13,15-16H2,1-3H3,(H,31,36)(H,32,35)(H,33,37)(H,38,39)/t21-,22?,23?,24?/m0/s1. The average molecular weight is 573 g/mol. The number of hydrogen-bond donors (Lipinski definition) is 6. The number of aromatic hydroxyl groups is 1. The molecule has 11 heteroatoms. The van der Waals surface area contributed by atoms with Gasteiger partial charge in [0.15, 0.2) is 0 Å². The molecule has 1 aliphatic rings. The zero-order valence-electron chi connectivity index (χ0n) is 23.2. The molecule has 6 N–H and O–H groups in total. The van der Waals surface area contributed by atoms with Gasteiger partial charge in [-0.25, -0.2) is 4.79 Å². The summed E-state index contributed by atoms with van der Waals surface area (Å²) < 4.78 is 0. The molecular weight excluding hydrogens is 532 g/mol. The van der Waals surface area contributed by atoms with Gasteiger partial charge in [0.2, 0.25) is 17.7 Å². The van der Waals surface area contributed by atoms with E-state index >= 15 is 0 Å². The Bertz CT molecular complexity index is 1140. The summed E-state index contributed by atoms with van der Waals surface area (Å²) in [5.41, 5.74) is 1.42. The maximum atomic E-state index is 13.6. The Hall–Kier alpha value is -3.44. The molecular formula is C29H40N4O6S. The van der Waals surface area contributed by atoms with Crippen molar-refractivity contribution in [3.63, 3.8) is 0 Å². The van der Waals surface area contributed by atoms with E-state index in [1.807, 2.05) is 37.6 Å². The SMILES string of the molecule is CC(C)(C)CCC(NC(=O)C(Cc1ccsc1)NC(=O)C(Cc1ccc(O)cc1)NC(=O)[C@@H]1CCCN1)C(=O)O. The van der Waals surface area contributed by atoms with Gasteiger partial charge in [-0.2, -0.15) is 11.3 Å². The summed E-state index contributed by atoms with van der Waals surface area (Å²) in [5.74, 6) is -2.52. The second-order valence-electron chi connectivity index (χ2n) is 11.5. The third kappa shape index (κ3) is 9.95. The molecule has 0 spiro atoms. The number of phenols is 1. The number of carboxylic acid groups (broad SMARTS) is 1. The Morgan fingerprint density at radius 1 is 0.950 bits per heavy atom. The first-order valence-corrected chi connectivity index (χ1v) is 14.5. The molecule has 1 aromatic carbocycles. The lowest BCUT2D eigenvalue weighted by Gasteiger charge is -2.26. The first-order valence-electron chi connectivity index (χ1n) is 13.6.